The normalized spacial score (nSPS) is 15.1. The van der Waals surface area contributed by atoms with Crippen LogP contribution in [-0.4, -0.2) is 23.2 Å². The summed E-state index contributed by atoms with van der Waals surface area (Å²) in [6.07, 6.45) is 1.95. The number of carbonyl (C=O) groups excluding carboxylic acids is 1. The molecule has 2 heterocycles. The lowest BCUT2D eigenvalue weighted by atomic mass is 10.00. The lowest BCUT2D eigenvalue weighted by Gasteiger charge is -2.26. The van der Waals surface area contributed by atoms with E-state index in [1.165, 1.54) is 20.9 Å². The SMILES string of the molecule is CC(=O)N1CCc2c(sc(C)c2CCCl)C1. The summed E-state index contributed by atoms with van der Waals surface area (Å²) in [6.45, 7) is 5.44. The van der Waals surface area contributed by atoms with Gasteiger partial charge < -0.3 is 4.90 Å². The van der Waals surface area contributed by atoms with Gasteiger partial charge in [0.15, 0.2) is 0 Å². The summed E-state index contributed by atoms with van der Waals surface area (Å²) in [5.41, 5.74) is 2.89. The Kier molecular flexibility index (Phi) is 3.55. The van der Waals surface area contributed by atoms with E-state index in [0.29, 0.717) is 5.88 Å². The van der Waals surface area contributed by atoms with Crippen molar-refractivity contribution < 1.29 is 4.79 Å². The molecule has 0 aliphatic carbocycles. The quantitative estimate of drug-likeness (QED) is 0.746. The lowest BCUT2D eigenvalue weighted by Crippen LogP contribution is -2.33. The topological polar surface area (TPSA) is 20.3 Å². The predicted octanol–water partition coefficient (Wildman–Crippen LogP) is 2.74. The van der Waals surface area contributed by atoms with Gasteiger partial charge in [-0.15, -0.1) is 22.9 Å². The monoisotopic (exact) mass is 257 g/mol. The van der Waals surface area contributed by atoms with Crippen LogP contribution in [0.3, 0.4) is 0 Å². The largest absolute Gasteiger partial charge is 0.337 e. The van der Waals surface area contributed by atoms with Crippen molar-refractivity contribution in [3.63, 3.8) is 0 Å². The molecule has 1 aromatic rings. The Morgan fingerprint density at radius 1 is 1.56 bits per heavy atom. The van der Waals surface area contributed by atoms with Crippen molar-refractivity contribution in [2.75, 3.05) is 12.4 Å². The van der Waals surface area contributed by atoms with E-state index < -0.39 is 0 Å². The van der Waals surface area contributed by atoms with E-state index in [-0.39, 0.29) is 5.91 Å². The molecule has 2 nitrogen and oxygen atoms in total. The van der Waals surface area contributed by atoms with Crippen LogP contribution >= 0.6 is 22.9 Å². The molecule has 1 aliphatic rings. The smallest absolute Gasteiger partial charge is 0.219 e. The van der Waals surface area contributed by atoms with Gasteiger partial charge in [0.1, 0.15) is 0 Å². The highest BCUT2D eigenvalue weighted by Gasteiger charge is 2.23. The first-order valence-corrected chi connectivity index (χ1v) is 6.90. The zero-order chi connectivity index (χ0) is 11.7. The molecule has 0 unspecified atom stereocenters. The van der Waals surface area contributed by atoms with Crippen molar-refractivity contribution in [3.05, 3.63) is 20.9 Å². The number of halogens is 1. The van der Waals surface area contributed by atoms with E-state index in [1.54, 1.807) is 6.92 Å². The number of hydrogen-bond acceptors (Lipinski definition) is 2. The van der Waals surface area contributed by atoms with Crippen molar-refractivity contribution in [2.45, 2.75) is 33.2 Å². The Bertz CT molecular complexity index is 413. The summed E-state index contributed by atoms with van der Waals surface area (Å²) in [5.74, 6) is 0.857. The van der Waals surface area contributed by atoms with Gasteiger partial charge in [0.25, 0.3) is 0 Å². The Morgan fingerprint density at radius 3 is 2.94 bits per heavy atom. The fourth-order valence-electron chi connectivity index (χ4n) is 2.30. The van der Waals surface area contributed by atoms with Crippen LogP contribution in [-0.2, 0) is 24.2 Å². The number of nitrogens with zero attached hydrogens (tertiary/aromatic N) is 1. The number of aryl methyl sites for hydroxylation is 1. The molecule has 0 fully saturated rings. The summed E-state index contributed by atoms with van der Waals surface area (Å²) in [4.78, 5) is 16.0. The molecule has 1 aromatic heterocycles. The zero-order valence-electron chi connectivity index (χ0n) is 9.68. The number of fused-ring (bicyclic) bond motifs is 1. The summed E-state index contributed by atoms with van der Waals surface area (Å²) in [5, 5.41) is 0. The minimum absolute atomic E-state index is 0.176. The summed E-state index contributed by atoms with van der Waals surface area (Å²) in [7, 11) is 0. The first-order chi connectivity index (χ1) is 7.63. The van der Waals surface area contributed by atoms with Crippen molar-refractivity contribution in [1.29, 1.82) is 0 Å². The highest BCUT2D eigenvalue weighted by Crippen LogP contribution is 2.33. The third-order valence-electron chi connectivity index (χ3n) is 3.16. The number of alkyl halides is 1. The molecule has 4 heteroatoms. The molecule has 0 atom stereocenters. The fraction of sp³-hybridized carbons (Fsp3) is 0.583. The van der Waals surface area contributed by atoms with Crippen LogP contribution in [0.15, 0.2) is 0 Å². The molecule has 1 amide bonds. The van der Waals surface area contributed by atoms with E-state index in [4.69, 9.17) is 11.6 Å². The van der Waals surface area contributed by atoms with Gasteiger partial charge in [0, 0.05) is 29.1 Å². The van der Waals surface area contributed by atoms with E-state index in [0.717, 1.165) is 25.9 Å². The first kappa shape index (κ1) is 11.9. The molecular weight excluding hydrogens is 242 g/mol. The summed E-state index contributed by atoms with van der Waals surface area (Å²) < 4.78 is 0. The Balaban J connectivity index is 2.28. The molecule has 16 heavy (non-hydrogen) atoms. The third kappa shape index (κ3) is 2.11. The second-order valence-corrected chi connectivity index (χ2v) is 5.86. The predicted molar refractivity (Wildman–Crippen MR) is 68.3 cm³/mol. The molecule has 0 saturated carbocycles. The van der Waals surface area contributed by atoms with Gasteiger partial charge in [-0.2, -0.15) is 0 Å². The number of thiophene rings is 1. The summed E-state index contributed by atoms with van der Waals surface area (Å²) >= 11 is 7.65. The molecule has 0 spiro atoms. The molecule has 0 bridgehead atoms. The van der Waals surface area contributed by atoms with Crippen LogP contribution < -0.4 is 0 Å². The zero-order valence-corrected chi connectivity index (χ0v) is 11.2. The van der Waals surface area contributed by atoms with Gasteiger partial charge in [-0.05, 0) is 30.9 Å². The number of amides is 1. The Labute approximate surface area is 105 Å². The molecule has 0 N–H and O–H groups in total. The number of carbonyl (C=O) groups is 1. The van der Waals surface area contributed by atoms with Gasteiger partial charge in [-0.3, -0.25) is 4.79 Å². The standard InChI is InChI=1S/C12H16ClNOS/c1-8-10(3-5-13)11-4-6-14(9(2)15)7-12(11)16-8/h3-7H2,1-2H3. The molecular formula is C12H16ClNOS. The molecule has 2 rings (SSSR count). The van der Waals surface area contributed by atoms with Crippen LogP contribution in [0.4, 0.5) is 0 Å². The summed E-state index contributed by atoms with van der Waals surface area (Å²) in [6, 6.07) is 0. The number of rotatable bonds is 2. The van der Waals surface area contributed by atoms with E-state index in [9.17, 15) is 4.79 Å². The van der Waals surface area contributed by atoms with Gasteiger partial charge in [-0.1, -0.05) is 0 Å². The molecule has 88 valence electrons. The van der Waals surface area contributed by atoms with Crippen molar-refractivity contribution in [3.8, 4) is 0 Å². The fourth-order valence-corrected chi connectivity index (χ4v) is 3.77. The minimum atomic E-state index is 0.176. The Hall–Kier alpha value is -0.540. The van der Waals surface area contributed by atoms with Crippen LogP contribution in [0, 0.1) is 6.92 Å². The average Bonchev–Trinajstić information content (AvgIpc) is 2.55. The molecule has 1 aliphatic heterocycles. The maximum Gasteiger partial charge on any atom is 0.219 e. The molecule has 0 aromatic carbocycles. The average molecular weight is 258 g/mol. The van der Waals surface area contributed by atoms with Gasteiger partial charge in [-0.25, -0.2) is 0 Å². The lowest BCUT2D eigenvalue weighted by molar-refractivity contribution is -0.129. The van der Waals surface area contributed by atoms with Gasteiger partial charge >= 0.3 is 0 Å². The van der Waals surface area contributed by atoms with Crippen LogP contribution in [0.1, 0.15) is 27.8 Å². The highest BCUT2D eigenvalue weighted by atomic mass is 35.5. The van der Waals surface area contributed by atoms with Crippen LogP contribution in [0.5, 0.6) is 0 Å². The van der Waals surface area contributed by atoms with Gasteiger partial charge in [0.2, 0.25) is 5.91 Å². The molecule has 0 saturated heterocycles. The maximum absolute atomic E-state index is 11.3. The maximum atomic E-state index is 11.3. The second kappa shape index (κ2) is 4.76. The Morgan fingerprint density at radius 2 is 2.31 bits per heavy atom. The van der Waals surface area contributed by atoms with E-state index in [1.807, 2.05) is 16.2 Å². The molecule has 0 radical (unpaired) electrons. The van der Waals surface area contributed by atoms with Crippen LogP contribution in [0.25, 0.3) is 0 Å². The van der Waals surface area contributed by atoms with Crippen molar-refractivity contribution in [2.24, 2.45) is 0 Å². The van der Waals surface area contributed by atoms with Crippen LogP contribution in [0.2, 0.25) is 0 Å². The van der Waals surface area contributed by atoms with E-state index >= 15 is 0 Å². The first-order valence-electron chi connectivity index (χ1n) is 5.55. The van der Waals surface area contributed by atoms with Gasteiger partial charge in [0.05, 0.1) is 6.54 Å². The third-order valence-corrected chi connectivity index (χ3v) is 4.52. The van der Waals surface area contributed by atoms with E-state index in [2.05, 4.69) is 6.92 Å². The van der Waals surface area contributed by atoms with Crippen molar-refractivity contribution in [1.82, 2.24) is 4.90 Å². The number of hydrogen-bond donors (Lipinski definition) is 0. The second-order valence-electron chi connectivity index (χ2n) is 4.17. The highest BCUT2D eigenvalue weighted by molar-refractivity contribution is 7.12. The minimum Gasteiger partial charge on any atom is -0.337 e. The van der Waals surface area contributed by atoms with Crippen molar-refractivity contribution >= 4 is 28.8 Å².